The van der Waals surface area contributed by atoms with Crippen LogP contribution >= 0.6 is 11.6 Å². The topological polar surface area (TPSA) is 73.4 Å². The third-order valence-electron chi connectivity index (χ3n) is 2.18. The summed E-state index contributed by atoms with van der Waals surface area (Å²) in [5.41, 5.74) is 5.83. The van der Waals surface area contributed by atoms with Crippen LogP contribution < -0.4 is 10.6 Å². The van der Waals surface area contributed by atoms with Crippen LogP contribution in [0.1, 0.15) is 0 Å². The molecule has 0 fully saturated rings. The Labute approximate surface area is 98.9 Å². The molecule has 6 heteroatoms. The van der Waals surface area contributed by atoms with Gasteiger partial charge in [0.1, 0.15) is 0 Å². The number of guanidine groups is 1. The normalized spacial score (nSPS) is 9.69. The predicted molar refractivity (Wildman–Crippen MR) is 64.9 cm³/mol. The Bertz CT molecular complexity index is 404. The molecule has 0 bridgehead atoms. The van der Waals surface area contributed by atoms with Crippen LogP contribution in [0.4, 0.5) is 10.5 Å². The fourth-order valence-corrected chi connectivity index (χ4v) is 1.24. The molecular formula is C10H13ClN4O. The number of anilines is 1. The number of urea groups is 1. The molecule has 3 N–H and O–H groups in total. The summed E-state index contributed by atoms with van der Waals surface area (Å²) in [7, 11) is 3.11. The quantitative estimate of drug-likeness (QED) is 0.580. The molecule has 2 amide bonds. The van der Waals surface area contributed by atoms with E-state index in [1.54, 1.807) is 31.3 Å². The Morgan fingerprint density at radius 1 is 1.31 bits per heavy atom. The molecule has 5 nitrogen and oxygen atoms in total. The second-order valence-corrected chi connectivity index (χ2v) is 3.69. The van der Waals surface area contributed by atoms with E-state index in [1.165, 1.54) is 11.9 Å². The molecule has 86 valence electrons. The number of primary amides is 1. The number of benzene rings is 1. The largest absolute Gasteiger partial charge is 0.351 e. The minimum absolute atomic E-state index is 0.00479. The second kappa shape index (κ2) is 4.85. The van der Waals surface area contributed by atoms with Gasteiger partial charge in [-0.3, -0.25) is 10.3 Å². The lowest BCUT2D eigenvalue weighted by molar-refractivity contribution is 0.235. The molecule has 0 saturated carbocycles. The van der Waals surface area contributed by atoms with E-state index in [0.29, 0.717) is 5.02 Å². The predicted octanol–water partition coefficient (Wildman–Crippen LogP) is 1.72. The molecule has 0 aromatic heterocycles. The number of halogens is 1. The number of carbonyl (C=O) groups excluding carboxylic acids is 1. The molecule has 0 saturated heterocycles. The first-order valence-corrected chi connectivity index (χ1v) is 4.92. The fraction of sp³-hybridized carbons (Fsp3) is 0.200. The Morgan fingerprint density at radius 2 is 1.81 bits per heavy atom. The van der Waals surface area contributed by atoms with Gasteiger partial charge in [-0.15, -0.1) is 0 Å². The summed E-state index contributed by atoms with van der Waals surface area (Å²) in [4.78, 5) is 13.5. The molecule has 0 aliphatic carbocycles. The van der Waals surface area contributed by atoms with E-state index >= 15 is 0 Å². The standard InChI is InChI=1S/C10H13ClN4O/c1-14(9(12)15(2)10(13)16)8-5-3-7(11)4-6-8/h3-6,12H,1-2H3,(H2,13,16). The fourth-order valence-electron chi connectivity index (χ4n) is 1.12. The molecule has 0 aliphatic rings. The maximum Gasteiger partial charge on any atom is 0.321 e. The van der Waals surface area contributed by atoms with Crippen LogP contribution in [0, 0.1) is 5.41 Å². The van der Waals surface area contributed by atoms with Gasteiger partial charge in [-0.2, -0.15) is 0 Å². The van der Waals surface area contributed by atoms with E-state index in [4.69, 9.17) is 22.7 Å². The van der Waals surface area contributed by atoms with Crippen LogP contribution in [0.3, 0.4) is 0 Å². The Balaban J connectivity index is 2.85. The lowest BCUT2D eigenvalue weighted by atomic mass is 10.3. The first-order valence-electron chi connectivity index (χ1n) is 4.54. The zero-order chi connectivity index (χ0) is 12.3. The molecular weight excluding hydrogens is 228 g/mol. The van der Waals surface area contributed by atoms with Crippen LogP contribution in [0.15, 0.2) is 24.3 Å². The van der Waals surface area contributed by atoms with Crippen LogP contribution in [0.5, 0.6) is 0 Å². The lowest BCUT2D eigenvalue weighted by Crippen LogP contribution is -2.45. The van der Waals surface area contributed by atoms with Crippen molar-refractivity contribution >= 4 is 29.3 Å². The summed E-state index contributed by atoms with van der Waals surface area (Å²) >= 11 is 5.75. The van der Waals surface area contributed by atoms with Gasteiger partial charge in [0, 0.05) is 24.8 Å². The summed E-state index contributed by atoms with van der Waals surface area (Å²) in [6.45, 7) is 0. The van der Waals surface area contributed by atoms with Gasteiger partial charge >= 0.3 is 6.03 Å². The van der Waals surface area contributed by atoms with Crippen LogP contribution in [0.2, 0.25) is 5.02 Å². The van der Waals surface area contributed by atoms with Crippen LogP contribution in [0.25, 0.3) is 0 Å². The highest BCUT2D eigenvalue weighted by atomic mass is 35.5. The van der Waals surface area contributed by atoms with Gasteiger partial charge in [0.05, 0.1) is 0 Å². The Hall–Kier alpha value is -1.75. The van der Waals surface area contributed by atoms with Crippen molar-refractivity contribution in [1.29, 1.82) is 5.41 Å². The number of rotatable bonds is 1. The van der Waals surface area contributed by atoms with E-state index in [9.17, 15) is 4.79 Å². The number of nitrogens with zero attached hydrogens (tertiary/aromatic N) is 2. The SMILES string of the molecule is CN(C(=N)N(C)c1ccc(Cl)cc1)C(N)=O. The molecule has 0 unspecified atom stereocenters. The first-order chi connectivity index (χ1) is 7.43. The van der Waals surface area contributed by atoms with Crippen molar-refractivity contribution in [2.45, 2.75) is 0 Å². The van der Waals surface area contributed by atoms with Gasteiger partial charge < -0.3 is 10.6 Å². The van der Waals surface area contributed by atoms with E-state index in [2.05, 4.69) is 0 Å². The maximum atomic E-state index is 10.9. The Morgan fingerprint density at radius 3 is 2.25 bits per heavy atom. The van der Waals surface area contributed by atoms with E-state index in [1.807, 2.05) is 0 Å². The molecule has 16 heavy (non-hydrogen) atoms. The van der Waals surface area contributed by atoms with E-state index in [0.717, 1.165) is 10.6 Å². The lowest BCUT2D eigenvalue weighted by Gasteiger charge is -2.25. The van der Waals surface area contributed by atoms with Gasteiger partial charge in [0.2, 0.25) is 5.96 Å². The smallest absolute Gasteiger partial charge is 0.321 e. The highest BCUT2D eigenvalue weighted by Gasteiger charge is 2.15. The van der Waals surface area contributed by atoms with Gasteiger partial charge in [0.15, 0.2) is 0 Å². The average Bonchev–Trinajstić information content (AvgIpc) is 2.27. The van der Waals surface area contributed by atoms with Crippen molar-refractivity contribution in [2.75, 3.05) is 19.0 Å². The van der Waals surface area contributed by atoms with Crippen LogP contribution in [-0.4, -0.2) is 31.0 Å². The maximum absolute atomic E-state index is 10.9. The monoisotopic (exact) mass is 240 g/mol. The van der Waals surface area contributed by atoms with Gasteiger partial charge in [-0.25, -0.2) is 4.79 Å². The third kappa shape index (κ3) is 2.64. The highest BCUT2D eigenvalue weighted by Crippen LogP contribution is 2.17. The average molecular weight is 241 g/mol. The van der Waals surface area contributed by atoms with Crippen molar-refractivity contribution in [2.24, 2.45) is 5.73 Å². The summed E-state index contributed by atoms with van der Waals surface area (Å²) < 4.78 is 0. The molecule has 0 aliphatic heterocycles. The minimum Gasteiger partial charge on any atom is -0.351 e. The highest BCUT2D eigenvalue weighted by molar-refractivity contribution is 6.30. The molecule has 1 aromatic rings. The van der Waals surface area contributed by atoms with Crippen LogP contribution in [-0.2, 0) is 0 Å². The molecule has 0 spiro atoms. The summed E-state index contributed by atoms with van der Waals surface area (Å²) in [5.74, 6) is -0.00479. The summed E-state index contributed by atoms with van der Waals surface area (Å²) in [6, 6.07) is 6.26. The molecule has 0 radical (unpaired) electrons. The summed E-state index contributed by atoms with van der Waals surface area (Å²) in [6.07, 6.45) is 0. The van der Waals surface area contributed by atoms with Crippen molar-refractivity contribution < 1.29 is 4.79 Å². The molecule has 1 aromatic carbocycles. The van der Waals surface area contributed by atoms with E-state index < -0.39 is 6.03 Å². The van der Waals surface area contributed by atoms with Crippen molar-refractivity contribution in [3.63, 3.8) is 0 Å². The Kier molecular flexibility index (Phi) is 3.73. The minimum atomic E-state index is -0.675. The van der Waals surface area contributed by atoms with Gasteiger partial charge in [-0.05, 0) is 24.3 Å². The van der Waals surface area contributed by atoms with Gasteiger partial charge in [0.25, 0.3) is 0 Å². The third-order valence-corrected chi connectivity index (χ3v) is 2.43. The number of amides is 2. The van der Waals surface area contributed by atoms with Crippen molar-refractivity contribution in [1.82, 2.24) is 4.90 Å². The zero-order valence-electron chi connectivity index (χ0n) is 9.07. The number of carbonyl (C=O) groups is 1. The number of hydrogen-bond acceptors (Lipinski definition) is 2. The molecule has 0 heterocycles. The van der Waals surface area contributed by atoms with E-state index in [-0.39, 0.29) is 5.96 Å². The zero-order valence-corrected chi connectivity index (χ0v) is 9.82. The number of nitrogens with one attached hydrogen (secondary N) is 1. The summed E-state index contributed by atoms with van der Waals surface area (Å²) in [5, 5.41) is 8.36. The van der Waals surface area contributed by atoms with Gasteiger partial charge in [-0.1, -0.05) is 11.6 Å². The molecule has 0 atom stereocenters. The van der Waals surface area contributed by atoms with Crippen molar-refractivity contribution in [3.05, 3.63) is 29.3 Å². The van der Waals surface area contributed by atoms with Crippen molar-refractivity contribution in [3.8, 4) is 0 Å². The number of hydrogen-bond donors (Lipinski definition) is 2. The first kappa shape index (κ1) is 12.3. The molecule has 1 rings (SSSR count). The number of nitrogens with two attached hydrogens (primary N) is 1. The second-order valence-electron chi connectivity index (χ2n) is 3.26.